The summed E-state index contributed by atoms with van der Waals surface area (Å²) >= 11 is 0. The fraction of sp³-hybridized carbons (Fsp3) is 0.174. The number of para-hydroxylation sites is 1. The molecule has 1 heterocycles. The van der Waals surface area contributed by atoms with Crippen LogP contribution in [-0.4, -0.2) is 16.8 Å². The monoisotopic (exact) mass is 375 g/mol. The Morgan fingerprint density at radius 1 is 0.964 bits per heavy atom. The Labute approximate surface area is 163 Å². The lowest BCUT2D eigenvalue weighted by Gasteiger charge is -2.12. The lowest BCUT2D eigenvalue weighted by atomic mass is 10.1. The molecule has 142 valence electrons. The highest BCUT2D eigenvalue weighted by atomic mass is 19.1. The number of nitrogens with one attached hydrogen (secondary N) is 2. The van der Waals surface area contributed by atoms with Gasteiger partial charge in [-0.3, -0.25) is 10.1 Å². The average molecular weight is 375 g/mol. The molecule has 0 fully saturated rings. The minimum atomic E-state index is -1.78. The molecule has 28 heavy (non-hydrogen) atoms. The number of carbonyl (C=O) groups is 1. The van der Waals surface area contributed by atoms with Gasteiger partial charge in [0.1, 0.15) is 0 Å². The number of benzene rings is 3. The van der Waals surface area contributed by atoms with E-state index >= 15 is 0 Å². The number of anilines is 1. The Balaban J connectivity index is 1.53. The quantitative estimate of drug-likeness (QED) is 0.474. The van der Waals surface area contributed by atoms with Crippen molar-refractivity contribution in [1.82, 2.24) is 9.88 Å². The number of halogens is 1. The van der Waals surface area contributed by atoms with Gasteiger partial charge < -0.3 is 9.88 Å². The largest absolute Gasteiger partial charge is 0.341 e. The molecule has 5 heteroatoms. The van der Waals surface area contributed by atoms with Crippen LogP contribution >= 0.6 is 0 Å². The number of aromatic nitrogens is 1. The van der Waals surface area contributed by atoms with Gasteiger partial charge in [0.2, 0.25) is 6.30 Å². The number of amides is 1. The van der Waals surface area contributed by atoms with E-state index in [1.807, 2.05) is 60.7 Å². The van der Waals surface area contributed by atoms with Gasteiger partial charge in [-0.25, -0.2) is 4.39 Å². The Morgan fingerprint density at radius 3 is 2.46 bits per heavy atom. The third kappa shape index (κ3) is 3.49. The number of carbonyl (C=O) groups excluding carboxylic acids is 1. The average Bonchev–Trinajstić information content (AvgIpc) is 3.05. The van der Waals surface area contributed by atoms with E-state index < -0.39 is 12.2 Å². The summed E-state index contributed by atoms with van der Waals surface area (Å²) in [6.07, 6.45) is -1.78. The van der Waals surface area contributed by atoms with Crippen molar-refractivity contribution < 1.29 is 9.18 Å². The molecule has 0 radical (unpaired) electrons. The second kappa shape index (κ2) is 7.82. The van der Waals surface area contributed by atoms with Crippen LogP contribution in [0, 0.1) is 0 Å². The molecule has 0 bridgehead atoms. The van der Waals surface area contributed by atoms with Crippen LogP contribution in [0.3, 0.4) is 0 Å². The maximum atomic E-state index is 14.3. The second-order valence-electron chi connectivity index (χ2n) is 6.71. The van der Waals surface area contributed by atoms with Crippen LogP contribution in [0.5, 0.6) is 0 Å². The highest BCUT2D eigenvalue weighted by Gasteiger charge is 2.17. The molecule has 0 aliphatic carbocycles. The van der Waals surface area contributed by atoms with Gasteiger partial charge in [0.05, 0.1) is 0 Å². The summed E-state index contributed by atoms with van der Waals surface area (Å²) in [6.45, 7) is 3.25. The fourth-order valence-corrected chi connectivity index (χ4v) is 3.57. The maximum absolute atomic E-state index is 14.3. The van der Waals surface area contributed by atoms with Gasteiger partial charge in [-0.1, -0.05) is 48.5 Å². The normalized spacial score (nSPS) is 12.4. The molecular weight excluding hydrogens is 353 g/mol. The molecule has 1 amide bonds. The third-order valence-corrected chi connectivity index (χ3v) is 4.91. The maximum Gasteiger partial charge on any atom is 0.274 e. The summed E-state index contributed by atoms with van der Waals surface area (Å²) in [4.78, 5) is 12.2. The minimum absolute atomic E-state index is 0.290. The van der Waals surface area contributed by atoms with Crippen molar-refractivity contribution in [2.75, 3.05) is 5.32 Å². The van der Waals surface area contributed by atoms with Crippen molar-refractivity contribution in [2.45, 2.75) is 26.3 Å². The molecule has 0 saturated heterocycles. The van der Waals surface area contributed by atoms with E-state index in [0.29, 0.717) is 12.2 Å². The molecule has 0 saturated carbocycles. The molecule has 1 aromatic heterocycles. The number of fused-ring (bicyclic) bond motifs is 3. The van der Waals surface area contributed by atoms with Crippen LogP contribution in [0.15, 0.2) is 72.8 Å². The van der Waals surface area contributed by atoms with Crippen LogP contribution in [0.1, 0.15) is 12.5 Å². The topological polar surface area (TPSA) is 46.1 Å². The first kappa shape index (κ1) is 18.2. The Bertz CT molecular complexity index is 1120. The number of alkyl halides is 1. The molecule has 1 atom stereocenters. The molecule has 3 aromatic carbocycles. The molecule has 4 nitrogen and oxygen atoms in total. The van der Waals surface area contributed by atoms with E-state index in [-0.39, 0.29) is 0 Å². The summed E-state index contributed by atoms with van der Waals surface area (Å²) in [5.74, 6) is -0.700. The van der Waals surface area contributed by atoms with Crippen LogP contribution in [0.4, 0.5) is 10.1 Å². The van der Waals surface area contributed by atoms with Gasteiger partial charge in [0.15, 0.2) is 0 Å². The Kier molecular flexibility index (Phi) is 5.08. The van der Waals surface area contributed by atoms with Gasteiger partial charge >= 0.3 is 0 Å². The van der Waals surface area contributed by atoms with E-state index in [1.54, 1.807) is 0 Å². The van der Waals surface area contributed by atoms with Crippen molar-refractivity contribution >= 4 is 33.4 Å². The number of aryl methyl sites for hydroxylation is 1. The number of hydrogen-bond donors (Lipinski definition) is 2. The van der Waals surface area contributed by atoms with Crippen molar-refractivity contribution in [3.8, 4) is 0 Å². The predicted octanol–water partition coefficient (Wildman–Crippen LogP) is 4.84. The number of nitrogens with zero attached hydrogens (tertiary/aromatic N) is 1. The molecular formula is C23H22FN3O. The van der Waals surface area contributed by atoms with Crippen LogP contribution < -0.4 is 10.6 Å². The molecule has 0 aliphatic heterocycles. The highest BCUT2D eigenvalue weighted by molar-refractivity contribution is 6.09. The van der Waals surface area contributed by atoms with E-state index in [9.17, 15) is 9.18 Å². The lowest BCUT2D eigenvalue weighted by molar-refractivity contribution is -0.121. The second-order valence-corrected chi connectivity index (χ2v) is 6.71. The third-order valence-electron chi connectivity index (χ3n) is 4.91. The Hall–Kier alpha value is -3.18. The van der Waals surface area contributed by atoms with E-state index in [2.05, 4.69) is 34.3 Å². The molecule has 1 unspecified atom stereocenters. The van der Waals surface area contributed by atoms with Crippen LogP contribution in [0.2, 0.25) is 0 Å². The predicted molar refractivity (Wildman–Crippen MR) is 112 cm³/mol. The zero-order valence-corrected chi connectivity index (χ0v) is 15.7. The van der Waals surface area contributed by atoms with E-state index in [0.717, 1.165) is 33.9 Å². The summed E-state index contributed by atoms with van der Waals surface area (Å²) < 4.78 is 16.5. The standard InChI is InChI=1S/C23H22FN3O/c1-2-27-20-11-7-6-10-18(20)19-14-17(12-13-21(19)27)26-23(28)22(24)25-15-16-8-4-3-5-9-16/h3-14,22,25H,2,15H2,1H3,(H,26,28). The number of rotatable bonds is 6. The first-order chi connectivity index (χ1) is 13.7. The zero-order chi connectivity index (χ0) is 19.5. The first-order valence-electron chi connectivity index (χ1n) is 9.40. The molecule has 4 aromatic rings. The van der Waals surface area contributed by atoms with Crippen LogP contribution in [-0.2, 0) is 17.9 Å². The lowest BCUT2D eigenvalue weighted by Crippen LogP contribution is -2.36. The summed E-state index contributed by atoms with van der Waals surface area (Å²) in [5, 5.41) is 7.46. The SMILES string of the molecule is CCn1c2ccccc2c2cc(NC(=O)C(F)NCc3ccccc3)ccc21. The van der Waals surface area contributed by atoms with Gasteiger partial charge in [-0.2, -0.15) is 0 Å². The van der Waals surface area contributed by atoms with Crippen molar-refractivity contribution in [1.29, 1.82) is 0 Å². The van der Waals surface area contributed by atoms with Gasteiger partial charge in [-0.05, 0) is 36.8 Å². The van der Waals surface area contributed by atoms with E-state index in [1.165, 1.54) is 0 Å². The fourth-order valence-electron chi connectivity index (χ4n) is 3.57. The summed E-state index contributed by atoms with van der Waals surface area (Å²) in [6, 6.07) is 23.3. The highest BCUT2D eigenvalue weighted by Crippen LogP contribution is 2.31. The molecule has 0 spiro atoms. The number of hydrogen-bond acceptors (Lipinski definition) is 2. The summed E-state index contributed by atoms with van der Waals surface area (Å²) in [7, 11) is 0. The molecule has 2 N–H and O–H groups in total. The smallest absolute Gasteiger partial charge is 0.274 e. The van der Waals surface area contributed by atoms with E-state index in [4.69, 9.17) is 0 Å². The minimum Gasteiger partial charge on any atom is -0.341 e. The van der Waals surface area contributed by atoms with Crippen molar-refractivity contribution in [3.63, 3.8) is 0 Å². The van der Waals surface area contributed by atoms with Gasteiger partial charge in [0, 0.05) is 40.6 Å². The zero-order valence-electron chi connectivity index (χ0n) is 15.7. The van der Waals surface area contributed by atoms with Crippen molar-refractivity contribution in [3.05, 3.63) is 78.4 Å². The summed E-state index contributed by atoms with van der Waals surface area (Å²) in [5.41, 5.74) is 3.75. The molecule has 4 rings (SSSR count). The van der Waals surface area contributed by atoms with Gasteiger partial charge in [-0.15, -0.1) is 0 Å². The first-order valence-corrected chi connectivity index (χ1v) is 9.40. The van der Waals surface area contributed by atoms with Crippen molar-refractivity contribution in [2.24, 2.45) is 0 Å². The van der Waals surface area contributed by atoms with Crippen LogP contribution in [0.25, 0.3) is 21.8 Å². The van der Waals surface area contributed by atoms with Gasteiger partial charge in [0.25, 0.3) is 5.91 Å². The Morgan fingerprint density at radius 2 is 1.68 bits per heavy atom. The molecule has 0 aliphatic rings.